The van der Waals surface area contributed by atoms with Gasteiger partial charge in [-0.15, -0.1) is 0 Å². The van der Waals surface area contributed by atoms with Crippen molar-refractivity contribution < 1.29 is 9.90 Å². The van der Waals surface area contributed by atoms with Gasteiger partial charge in [0.1, 0.15) is 0 Å². The highest BCUT2D eigenvalue weighted by molar-refractivity contribution is 5.95. The van der Waals surface area contributed by atoms with Crippen molar-refractivity contribution in [2.24, 2.45) is 0 Å². The predicted octanol–water partition coefficient (Wildman–Crippen LogP) is 2.86. The number of aromatic nitrogens is 1. The monoisotopic (exact) mass is 215 g/mol. The number of hydrogen-bond donors (Lipinski definition) is 1. The zero-order chi connectivity index (χ0) is 11.9. The van der Waals surface area contributed by atoms with E-state index in [1.54, 1.807) is 13.0 Å². The molecule has 2 rings (SSSR count). The van der Waals surface area contributed by atoms with Crippen LogP contribution in [-0.4, -0.2) is 16.1 Å². The highest BCUT2D eigenvalue weighted by Gasteiger charge is 2.11. The minimum atomic E-state index is -0.924. The lowest BCUT2D eigenvalue weighted by atomic mass is 10.0. The molecule has 2 aromatic rings. The third-order valence-electron chi connectivity index (χ3n) is 2.71. The zero-order valence-corrected chi connectivity index (χ0v) is 9.53. The Hall–Kier alpha value is -1.90. The summed E-state index contributed by atoms with van der Waals surface area (Å²) in [4.78, 5) is 15.3. The van der Waals surface area contributed by atoms with E-state index in [0.29, 0.717) is 5.69 Å². The lowest BCUT2D eigenvalue weighted by molar-refractivity contribution is 0.0696. The molecule has 1 heterocycles. The molecule has 0 saturated carbocycles. The predicted molar refractivity (Wildman–Crippen MR) is 62.9 cm³/mol. The van der Waals surface area contributed by atoms with Crippen molar-refractivity contribution in [2.75, 3.05) is 0 Å². The molecule has 1 N–H and O–H groups in total. The summed E-state index contributed by atoms with van der Waals surface area (Å²) in [6.07, 6.45) is 0. The van der Waals surface area contributed by atoms with Gasteiger partial charge >= 0.3 is 5.97 Å². The second-order valence-electron chi connectivity index (χ2n) is 4.07. The molecule has 0 unspecified atom stereocenters. The third-order valence-corrected chi connectivity index (χ3v) is 2.71. The largest absolute Gasteiger partial charge is 0.478 e. The number of fused-ring (bicyclic) bond motifs is 1. The first kappa shape index (κ1) is 10.6. The van der Waals surface area contributed by atoms with Crippen molar-refractivity contribution in [1.82, 2.24) is 4.98 Å². The summed E-state index contributed by atoms with van der Waals surface area (Å²) < 4.78 is 0. The Bertz CT molecular complexity index is 588. The Balaban J connectivity index is 2.84. The van der Waals surface area contributed by atoms with Gasteiger partial charge in [0.15, 0.2) is 0 Å². The first-order chi connectivity index (χ1) is 7.49. The fourth-order valence-corrected chi connectivity index (χ4v) is 1.94. The van der Waals surface area contributed by atoms with Crippen LogP contribution in [0.3, 0.4) is 0 Å². The molecule has 16 heavy (non-hydrogen) atoms. The summed E-state index contributed by atoms with van der Waals surface area (Å²) in [6, 6.07) is 5.71. The highest BCUT2D eigenvalue weighted by atomic mass is 16.4. The molecular weight excluding hydrogens is 202 g/mol. The van der Waals surface area contributed by atoms with E-state index in [1.807, 2.05) is 26.0 Å². The van der Waals surface area contributed by atoms with Gasteiger partial charge in [-0.3, -0.25) is 4.98 Å². The van der Waals surface area contributed by atoms with E-state index in [4.69, 9.17) is 5.11 Å². The van der Waals surface area contributed by atoms with Crippen LogP contribution in [0.15, 0.2) is 18.2 Å². The Labute approximate surface area is 93.7 Å². The van der Waals surface area contributed by atoms with Crippen molar-refractivity contribution >= 4 is 16.9 Å². The lowest BCUT2D eigenvalue weighted by Crippen LogP contribution is -2.02. The number of pyridine rings is 1. The number of aryl methyl sites for hydroxylation is 3. The molecule has 0 aliphatic heterocycles. The fraction of sp³-hybridized carbons (Fsp3) is 0.231. The second-order valence-corrected chi connectivity index (χ2v) is 4.07. The summed E-state index contributed by atoms with van der Waals surface area (Å²) in [5.41, 5.74) is 3.90. The van der Waals surface area contributed by atoms with Crippen LogP contribution >= 0.6 is 0 Å². The molecule has 3 nitrogen and oxygen atoms in total. The molecule has 0 aliphatic carbocycles. The van der Waals surface area contributed by atoms with Crippen LogP contribution in [0.5, 0.6) is 0 Å². The molecule has 0 amide bonds. The van der Waals surface area contributed by atoms with Gasteiger partial charge < -0.3 is 5.11 Å². The fourth-order valence-electron chi connectivity index (χ4n) is 1.94. The SMILES string of the molecule is Cc1cc(C)c2cc(C(=O)O)c(C)nc2c1. The minimum absolute atomic E-state index is 0.277. The Morgan fingerprint density at radius 3 is 2.50 bits per heavy atom. The van der Waals surface area contributed by atoms with Crippen molar-refractivity contribution in [1.29, 1.82) is 0 Å². The average Bonchev–Trinajstić information content (AvgIpc) is 2.15. The summed E-state index contributed by atoms with van der Waals surface area (Å²) in [7, 11) is 0. The van der Waals surface area contributed by atoms with Crippen LogP contribution < -0.4 is 0 Å². The van der Waals surface area contributed by atoms with Crippen molar-refractivity contribution in [3.05, 3.63) is 40.6 Å². The van der Waals surface area contributed by atoms with Gasteiger partial charge in [0.05, 0.1) is 16.8 Å². The van der Waals surface area contributed by atoms with Crippen molar-refractivity contribution in [3.8, 4) is 0 Å². The third kappa shape index (κ3) is 1.65. The maximum atomic E-state index is 11.0. The molecule has 0 atom stereocenters. The first-order valence-electron chi connectivity index (χ1n) is 5.11. The molecule has 0 aliphatic rings. The van der Waals surface area contributed by atoms with Gasteiger partial charge in [-0.05, 0) is 44.0 Å². The molecule has 82 valence electrons. The highest BCUT2D eigenvalue weighted by Crippen LogP contribution is 2.21. The quantitative estimate of drug-likeness (QED) is 0.795. The molecule has 1 aromatic heterocycles. The van der Waals surface area contributed by atoms with Crippen LogP contribution in [-0.2, 0) is 0 Å². The molecule has 3 heteroatoms. The van der Waals surface area contributed by atoms with E-state index >= 15 is 0 Å². The first-order valence-corrected chi connectivity index (χ1v) is 5.11. The van der Waals surface area contributed by atoms with E-state index in [9.17, 15) is 4.79 Å². The minimum Gasteiger partial charge on any atom is -0.478 e. The lowest BCUT2D eigenvalue weighted by Gasteiger charge is -2.07. The smallest absolute Gasteiger partial charge is 0.337 e. The number of hydrogen-bond acceptors (Lipinski definition) is 2. The number of aromatic carboxylic acids is 1. The molecule has 0 bridgehead atoms. The normalized spacial score (nSPS) is 10.7. The molecule has 0 spiro atoms. The maximum Gasteiger partial charge on any atom is 0.337 e. The van der Waals surface area contributed by atoms with Crippen LogP contribution in [0.25, 0.3) is 10.9 Å². The molecule has 0 radical (unpaired) electrons. The standard InChI is InChI=1S/C13H13NO2/c1-7-4-8(2)10-6-11(13(15)16)9(3)14-12(10)5-7/h4-6H,1-3H3,(H,15,16). The van der Waals surface area contributed by atoms with E-state index in [1.165, 1.54) is 0 Å². The number of benzene rings is 1. The number of carboxylic acid groups (broad SMARTS) is 1. The second kappa shape index (κ2) is 3.59. The maximum absolute atomic E-state index is 11.0. The Morgan fingerprint density at radius 2 is 1.88 bits per heavy atom. The van der Waals surface area contributed by atoms with Gasteiger partial charge in [0, 0.05) is 5.39 Å². The molecule has 0 fully saturated rings. The Morgan fingerprint density at radius 1 is 1.19 bits per heavy atom. The number of carbonyl (C=O) groups is 1. The van der Waals surface area contributed by atoms with Gasteiger partial charge in [-0.25, -0.2) is 4.79 Å². The number of rotatable bonds is 1. The van der Waals surface area contributed by atoms with Crippen LogP contribution in [0.2, 0.25) is 0 Å². The van der Waals surface area contributed by atoms with E-state index in [-0.39, 0.29) is 5.56 Å². The van der Waals surface area contributed by atoms with E-state index < -0.39 is 5.97 Å². The van der Waals surface area contributed by atoms with Crippen LogP contribution in [0.4, 0.5) is 0 Å². The van der Waals surface area contributed by atoms with Gasteiger partial charge in [0.2, 0.25) is 0 Å². The average molecular weight is 215 g/mol. The zero-order valence-electron chi connectivity index (χ0n) is 9.53. The topological polar surface area (TPSA) is 50.2 Å². The van der Waals surface area contributed by atoms with Gasteiger partial charge in [0.25, 0.3) is 0 Å². The summed E-state index contributed by atoms with van der Waals surface area (Å²) in [5.74, 6) is -0.924. The molecular formula is C13H13NO2. The van der Waals surface area contributed by atoms with Crippen molar-refractivity contribution in [2.45, 2.75) is 20.8 Å². The number of nitrogens with zero attached hydrogens (tertiary/aromatic N) is 1. The Kier molecular flexibility index (Phi) is 2.38. The van der Waals surface area contributed by atoms with E-state index in [0.717, 1.165) is 22.0 Å². The summed E-state index contributed by atoms with van der Waals surface area (Å²) >= 11 is 0. The van der Waals surface area contributed by atoms with E-state index in [2.05, 4.69) is 4.98 Å². The van der Waals surface area contributed by atoms with Gasteiger partial charge in [-0.1, -0.05) is 6.07 Å². The van der Waals surface area contributed by atoms with Crippen LogP contribution in [0, 0.1) is 20.8 Å². The molecule has 0 saturated heterocycles. The van der Waals surface area contributed by atoms with Crippen LogP contribution in [0.1, 0.15) is 27.2 Å². The number of carboxylic acids is 1. The summed E-state index contributed by atoms with van der Waals surface area (Å²) in [5, 5.41) is 9.94. The summed E-state index contributed by atoms with van der Waals surface area (Å²) in [6.45, 7) is 5.70. The molecule has 1 aromatic carbocycles. The van der Waals surface area contributed by atoms with Gasteiger partial charge in [-0.2, -0.15) is 0 Å². The van der Waals surface area contributed by atoms with Crippen molar-refractivity contribution in [3.63, 3.8) is 0 Å².